The summed E-state index contributed by atoms with van der Waals surface area (Å²) in [5.74, 6) is 0.146. The lowest BCUT2D eigenvalue weighted by Crippen LogP contribution is -2.05. The zero-order chi connectivity index (χ0) is 16.4. The first kappa shape index (κ1) is 16.2. The molecule has 0 spiro atoms. The number of ether oxygens (including phenoxy) is 1. The van der Waals surface area contributed by atoms with Gasteiger partial charge in [-0.15, -0.1) is 0 Å². The van der Waals surface area contributed by atoms with Crippen molar-refractivity contribution in [3.8, 4) is 5.75 Å². The predicted molar refractivity (Wildman–Crippen MR) is 66.9 cm³/mol. The highest BCUT2D eigenvalue weighted by molar-refractivity contribution is 5.32. The number of halogens is 6. The van der Waals surface area contributed by atoms with E-state index in [1.165, 1.54) is 12.1 Å². The monoisotopic (exact) mass is 319 g/mol. The summed E-state index contributed by atoms with van der Waals surface area (Å²) < 4.78 is 79.3. The summed E-state index contributed by atoms with van der Waals surface area (Å²) in [6.45, 7) is 1.16. The molecule has 0 aliphatic heterocycles. The van der Waals surface area contributed by atoms with Gasteiger partial charge < -0.3 is 4.74 Å². The van der Waals surface area contributed by atoms with E-state index in [0.29, 0.717) is 5.56 Å². The Morgan fingerprint density at radius 1 is 0.636 bits per heavy atom. The molecule has 0 unspecified atom stereocenters. The second kappa shape index (κ2) is 5.90. The van der Waals surface area contributed by atoms with Crippen LogP contribution >= 0.6 is 0 Å². The van der Waals surface area contributed by atoms with Crippen molar-refractivity contribution in [2.45, 2.75) is 12.4 Å². The molecule has 117 valence electrons. The minimum atomic E-state index is -4.43. The maximum absolute atomic E-state index is 12.4. The summed E-state index contributed by atoms with van der Waals surface area (Å²) in [7, 11) is 0. The average Bonchev–Trinajstić information content (AvgIpc) is 2.44. The van der Waals surface area contributed by atoms with Gasteiger partial charge in [0.25, 0.3) is 0 Å². The van der Waals surface area contributed by atoms with Crippen molar-refractivity contribution in [2.24, 2.45) is 0 Å². The highest BCUT2D eigenvalue weighted by atomic mass is 19.4. The van der Waals surface area contributed by atoms with E-state index in [1.807, 2.05) is 0 Å². The van der Waals surface area contributed by atoms with Gasteiger partial charge in [0.15, 0.2) is 6.61 Å². The Hall–Kier alpha value is -2.18. The van der Waals surface area contributed by atoms with E-state index in [-0.39, 0.29) is 5.75 Å². The van der Waals surface area contributed by atoms with E-state index in [9.17, 15) is 26.3 Å². The second-order valence-electron chi connectivity index (χ2n) is 4.38. The molecule has 0 aromatic heterocycles. The van der Waals surface area contributed by atoms with Crippen molar-refractivity contribution in [3.63, 3.8) is 0 Å². The Bertz CT molecular complexity index is 553. The Morgan fingerprint density at radius 2 is 1.05 bits per heavy atom. The molecule has 0 bridgehead atoms. The minimum absolute atomic E-state index is 0.146. The van der Waals surface area contributed by atoms with Crippen LogP contribution in [0.3, 0.4) is 0 Å². The Kier molecular flexibility index (Phi) is 4.35. The molecule has 0 saturated heterocycles. The van der Waals surface area contributed by atoms with Crippen LogP contribution in [-0.2, 0) is 12.4 Å². The van der Waals surface area contributed by atoms with E-state index in [1.54, 1.807) is 0 Å². The van der Waals surface area contributed by atoms with Crippen LogP contribution in [0.4, 0.5) is 26.3 Å². The van der Waals surface area contributed by atoms with Crippen molar-refractivity contribution in [1.82, 2.24) is 0 Å². The van der Waals surface area contributed by atoms with Crippen LogP contribution in [0.2, 0.25) is 0 Å². The van der Waals surface area contributed by atoms with Crippen molar-refractivity contribution < 1.29 is 31.1 Å². The third kappa shape index (κ3) is 4.16. The standard InChI is InChI=1S/C15H9F6O/c16-14(17,18)11-3-1-10(2-4-11)9-22-13-7-5-12(6-8-13)15(19,20)21/h1-9H. The van der Waals surface area contributed by atoms with Crippen LogP contribution in [0.5, 0.6) is 5.75 Å². The average molecular weight is 319 g/mol. The molecule has 0 atom stereocenters. The van der Waals surface area contributed by atoms with Crippen molar-refractivity contribution in [1.29, 1.82) is 0 Å². The van der Waals surface area contributed by atoms with Crippen LogP contribution in [0, 0.1) is 6.61 Å². The van der Waals surface area contributed by atoms with Crippen LogP contribution < -0.4 is 4.74 Å². The fourth-order valence-corrected chi connectivity index (χ4v) is 1.61. The summed E-state index contributed by atoms with van der Waals surface area (Å²) in [5.41, 5.74) is -1.25. The van der Waals surface area contributed by atoms with Gasteiger partial charge in [-0.2, -0.15) is 26.3 Å². The topological polar surface area (TPSA) is 9.23 Å². The fourth-order valence-electron chi connectivity index (χ4n) is 1.61. The molecule has 7 heteroatoms. The zero-order valence-corrected chi connectivity index (χ0v) is 10.9. The lowest BCUT2D eigenvalue weighted by atomic mass is 10.1. The van der Waals surface area contributed by atoms with Crippen molar-refractivity contribution in [3.05, 3.63) is 71.8 Å². The molecule has 0 N–H and O–H groups in total. The molecule has 0 fully saturated rings. The lowest BCUT2D eigenvalue weighted by molar-refractivity contribution is -0.138. The normalized spacial score (nSPS) is 12.3. The summed E-state index contributed by atoms with van der Waals surface area (Å²) in [6, 6.07) is 8.16. The zero-order valence-electron chi connectivity index (χ0n) is 10.9. The molecule has 22 heavy (non-hydrogen) atoms. The highest BCUT2D eigenvalue weighted by Gasteiger charge is 2.30. The quantitative estimate of drug-likeness (QED) is 0.696. The number of rotatable bonds is 3. The Morgan fingerprint density at radius 3 is 1.45 bits per heavy atom. The molecule has 0 saturated carbocycles. The van der Waals surface area contributed by atoms with Gasteiger partial charge in [-0.25, -0.2) is 0 Å². The van der Waals surface area contributed by atoms with Crippen LogP contribution in [0.25, 0.3) is 0 Å². The van der Waals surface area contributed by atoms with Crippen molar-refractivity contribution in [2.75, 3.05) is 0 Å². The molecular formula is C15H9F6O. The molecule has 2 rings (SSSR count). The Labute approximate surface area is 122 Å². The van der Waals surface area contributed by atoms with Crippen LogP contribution in [0.15, 0.2) is 48.5 Å². The maximum Gasteiger partial charge on any atom is 0.416 e. The van der Waals surface area contributed by atoms with Gasteiger partial charge in [0, 0.05) is 0 Å². The SMILES string of the molecule is FC(F)(F)c1ccc([CH]Oc2ccc(C(F)(F)F)cc2)cc1. The van der Waals surface area contributed by atoms with E-state index < -0.39 is 23.5 Å². The Balaban J connectivity index is 1.98. The third-order valence-corrected chi connectivity index (χ3v) is 2.75. The molecule has 0 heterocycles. The third-order valence-electron chi connectivity index (χ3n) is 2.75. The first-order chi connectivity index (χ1) is 10.2. The van der Waals surface area contributed by atoms with E-state index >= 15 is 0 Å². The van der Waals surface area contributed by atoms with E-state index in [2.05, 4.69) is 0 Å². The van der Waals surface area contributed by atoms with Crippen LogP contribution in [-0.4, -0.2) is 0 Å². The molecule has 2 aromatic rings. The van der Waals surface area contributed by atoms with Gasteiger partial charge in [0.2, 0.25) is 0 Å². The summed E-state index contributed by atoms with van der Waals surface area (Å²) in [5, 5.41) is 0. The predicted octanol–water partition coefficient (Wildman–Crippen LogP) is 5.31. The molecule has 1 nitrogen and oxygen atoms in total. The van der Waals surface area contributed by atoms with Crippen LogP contribution in [0.1, 0.15) is 16.7 Å². The number of alkyl halides is 6. The van der Waals surface area contributed by atoms with Gasteiger partial charge in [-0.3, -0.25) is 0 Å². The maximum atomic E-state index is 12.4. The van der Waals surface area contributed by atoms with Gasteiger partial charge >= 0.3 is 12.4 Å². The second-order valence-corrected chi connectivity index (χ2v) is 4.38. The largest absolute Gasteiger partial charge is 0.481 e. The van der Waals surface area contributed by atoms with Gasteiger partial charge in [0.1, 0.15) is 5.75 Å². The molecule has 1 radical (unpaired) electrons. The van der Waals surface area contributed by atoms with E-state index in [0.717, 1.165) is 43.0 Å². The summed E-state index contributed by atoms with van der Waals surface area (Å²) in [6.07, 6.45) is -8.86. The molecule has 0 aliphatic rings. The first-order valence-electron chi connectivity index (χ1n) is 6.01. The molecule has 2 aromatic carbocycles. The van der Waals surface area contributed by atoms with Gasteiger partial charge in [-0.05, 0) is 42.0 Å². The number of hydrogen-bond acceptors (Lipinski definition) is 1. The fraction of sp³-hybridized carbons (Fsp3) is 0.133. The first-order valence-corrected chi connectivity index (χ1v) is 6.01. The number of benzene rings is 2. The summed E-state index contributed by atoms with van der Waals surface area (Å²) in [4.78, 5) is 0. The number of hydrogen-bond donors (Lipinski definition) is 0. The minimum Gasteiger partial charge on any atom is -0.481 e. The molecule has 0 amide bonds. The lowest BCUT2D eigenvalue weighted by Gasteiger charge is -2.10. The van der Waals surface area contributed by atoms with Gasteiger partial charge in [-0.1, -0.05) is 12.1 Å². The molecule has 0 aliphatic carbocycles. The summed E-state index contributed by atoms with van der Waals surface area (Å²) >= 11 is 0. The molecular weight excluding hydrogens is 310 g/mol. The highest BCUT2D eigenvalue weighted by Crippen LogP contribution is 2.31. The van der Waals surface area contributed by atoms with Gasteiger partial charge in [0.05, 0.1) is 11.1 Å². The van der Waals surface area contributed by atoms with E-state index in [4.69, 9.17) is 4.74 Å². The smallest absolute Gasteiger partial charge is 0.416 e. The van der Waals surface area contributed by atoms with Crippen molar-refractivity contribution >= 4 is 0 Å².